The average Bonchev–Trinajstić information content (AvgIpc) is 2.74. The number of rotatable bonds is 6. The van der Waals surface area contributed by atoms with Crippen LogP contribution in [0, 0.1) is 12.3 Å². The predicted molar refractivity (Wildman–Crippen MR) is 119 cm³/mol. The van der Waals surface area contributed by atoms with E-state index in [-0.39, 0.29) is 11.9 Å². The summed E-state index contributed by atoms with van der Waals surface area (Å²) >= 11 is 0. The Morgan fingerprint density at radius 1 is 1.13 bits per heavy atom. The fourth-order valence-electron chi connectivity index (χ4n) is 3.84. The van der Waals surface area contributed by atoms with E-state index in [2.05, 4.69) is 10.6 Å². The predicted octanol–water partition coefficient (Wildman–Crippen LogP) is 4.34. The van der Waals surface area contributed by atoms with Crippen molar-refractivity contribution in [1.29, 1.82) is 0 Å². The zero-order valence-electron chi connectivity index (χ0n) is 18.0. The maximum absolute atomic E-state index is 13.0. The van der Waals surface area contributed by atoms with Crippen molar-refractivity contribution in [3.05, 3.63) is 59.7 Å². The molecule has 6 heteroatoms. The number of hydrogen-bond donors (Lipinski definition) is 2. The summed E-state index contributed by atoms with van der Waals surface area (Å²) < 4.78 is 5.59. The largest absolute Gasteiger partial charge is 0.492 e. The number of nitrogens with zero attached hydrogens (tertiary/aromatic N) is 1. The Bertz CT molecular complexity index is 899. The minimum absolute atomic E-state index is 0.0158. The van der Waals surface area contributed by atoms with Crippen LogP contribution < -0.4 is 15.4 Å². The van der Waals surface area contributed by atoms with Gasteiger partial charge in [-0.3, -0.25) is 4.79 Å². The van der Waals surface area contributed by atoms with Gasteiger partial charge in [0.1, 0.15) is 5.75 Å². The summed E-state index contributed by atoms with van der Waals surface area (Å²) in [4.78, 5) is 27.6. The van der Waals surface area contributed by atoms with Gasteiger partial charge in [-0.2, -0.15) is 0 Å². The van der Waals surface area contributed by atoms with Crippen molar-refractivity contribution in [1.82, 2.24) is 10.2 Å². The van der Waals surface area contributed by atoms with Gasteiger partial charge in [0.05, 0.1) is 17.7 Å². The molecule has 1 heterocycles. The van der Waals surface area contributed by atoms with E-state index >= 15 is 0 Å². The second kappa shape index (κ2) is 9.65. The van der Waals surface area contributed by atoms with Crippen LogP contribution in [-0.2, 0) is 11.3 Å². The first-order valence-electron chi connectivity index (χ1n) is 10.5. The van der Waals surface area contributed by atoms with Gasteiger partial charge >= 0.3 is 6.03 Å². The summed E-state index contributed by atoms with van der Waals surface area (Å²) in [7, 11) is 0. The number of anilines is 1. The van der Waals surface area contributed by atoms with Gasteiger partial charge in [0.2, 0.25) is 5.91 Å². The molecule has 160 valence electrons. The van der Waals surface area contributed by atoms with Crippen molar-refractivity contribution >= 4 is 17.6 Å². The number of carbonyl (C=O) groups is 2. The van der Waals surface area contributed by atoms with Crippen LogP contribution in [-0.4, -0.2) is 36.5 Å². The maximum Gasteiger partial charge on any atom is 0.321 e. The molecule has 3 rings (SSSR count). The van der Waals surface area contributed by atoms with Crippen molar-refractivity contribution in [3.8, 4) is 5.75 Å². The Morgan fingerprint density at radius 2 is 1.87 bits per heavy atom. The standard InChI is InChI=1S/C24H31N3O3/c1-4-30-21-13-8-7-12-20(21)26-23(29)27-15-9-14-24(3,17-27)22(28)25-16-19-11-6-5-10-18(19)2/h5-8,10-13H,4,9,14-17H2,1-3H3,(H,25,28)(H,26,29)/t24-/m1/s1. The van der Waals surface area contributed by atoms with E-state index in [0.717, 1.165) is 24.0 Å². The molecule has 0 radical (unpaired) electrons. The van der Waals surface area contributed by atoms with Crippen LogP contribution in [0.2, 0.25) is 0 Å². The molecule has 2 aromatic carbocycles. The summed E-state index contributed by atoms with van der Waals surface area (Å²) in [6, 6.07) is 15.2. The highest BCUT2D eigenvalue weighted by Gasteiger charge is 2.39. The topological polar surface area (TPSA) is 70.7 Å². The van der Waals surface area contributed by atoms with Gasteiger partial charge in [-0.1, -0.05) is 36.4 Å². The first-order valence-corrected chi connectivity index (χ1v) is 10.5. The van der Waals surface area contributed by atoms with E-state index in [1.54, 1.807) is 4.90 Å². The molecule has 30 heavy (non-hydrogen) atoms. The third-order valence-corrected chi connectivity index (χ3v) is 5.66. The number of likely N-dealkylation sites (tertiary alicyclic amines) is 1. The number of para-hydroxylation sites is 2. The van der Waals surface area contributed by atoms with E-state index in [0.29, 0.717) is 37.7 Å². The van der Waals surface area contributed by atoms with Gasteiger partial charge in [0, 0.05) is 19.6 Å². The van der Waals surface area contributed by atoms with Crippen LogP contribution in [0.15, 0.2) is 48.5 Å². The number of benzene rings is 2. The maximum atomic E-state index is 13.0. The number of aryl methyl sites for hydroxylation is 1. The van der Waals surface area contributed by atoms with Crippen molar-refractivity contribution in [2.45, 2.75) is 40.2 Å². The molecule has 1 saturated heterocycles. The molecule has 0 bridgehead atoms. The van der Waals surface area contributed by atoms with Gasteiger partial charge in [-0.05, 0) is 56.9 Å². The number of urea groups is 1. The van der Waals surface area contributed by atoms with Crippen LogP contribution in [0.4, 0.5) is 10.5 Å². The molecule has 0 unspecified atom stereocenters. The van der Waals surface area contributed by atoms with E-state index in [4.69, 9.17) is 4.74 Å². The van der Waals surface area contributed by atoms with Gasteiger partial charge < -0.3 is 20.3 Å². The smallest absolute Gasteiger partial charge is 0.321 e. The molecular weight excluding hydrogens is 378 g/mol. The summed E-state index contributed by atoms with van der Waals surface area (Å²) in [5.41, 5.74) is 2.28. The lowest BCUT2D eigenvalue weighted by Gasteiger charge is -2.39. The van der Waals surface area contributed by atoms with Crippen molar-refractivity contribution in [3.63, 3.8) is 0 Å². The monoisotopic (exact) mass is 409 g/mol. The third kappa shape index (κ3) is 5.12. The van der Waals surface area contributed by atoms with E-state index in [1.165, 1.54) is 0 Å². The molecule has 1 fully saturated rings. The van der Waals surface area contributed by atoms with Gasteiger partial charge in [-0.25, -0.2) is 4.79 Å². The van der Waals surface area contributed by atoms with Crippen molar-refractivity contribution in [2.24, 2.45) is 5.41 Å². The Balaban J connectivity index is 1.62. The molecule has 0 spiro atoms. The van der Waals surface area contributed by atoms with Crippen LogP contribution in [0.1, 0.15) is 37.8 Å². The average molecular weight is 410 g/mol. The lowest BCUT2D eigenvalue weighted by atomic mass is 9.81. The molecular formula is C24H31N3O3. The van der Waals surface area contributed by atoms with E-state index in [1.807, 2.05) is 69.3 Å². The number of nitrogens with one attached hydrogen (secondary N) is 2. The second-order valence-electron chi connectivity index (χ2n) is 8.05. The highest BCUT2D eigenvalue weighted by Crippen LogP contribution is 2.31. The highest BCUT2D eigenvalue weighted by molar-refractivity contribution is 5.92. The van der Waals surface area contributed by atoms with Gasteiger partial charge in [-0.15, -0.1) is 0 Å². The highest BCUT2D eigenvalue weighted by atomic mass is 16.5. The van der Waals surface area contributed by atoms with Crippen LogP contribution in [0.3, 0.4) is 0 Å². The lowest BCUT2D eigenvalue weighted by molar-refractivity contribution is -0.132. The molecule has 2 aromatic rings. The molecule has 0 aliphatic carbocycles. The number of hydrogen-bond acceptors (Lipinski definition) is 3. The number of ether oxygens (including phenoxy) is 1. The molecule has 0 saturated carbocycles. The minimum atomic E-state index is -0.613. The summed E-state index contributed by atoms with van der Waals surface area (Å²) in [5, 5.41) is 6.01. The summed E-state index contributed by atoms with van der Waals surface area (Å²) in [6.07, 6.45) is 1.54. The van der Waals surface area contributed by atoms with E-state index in [9.17, 15) is 9.59 Å². The number of amides is 3. The summed E-state index contributed by atoms with van der Waals surface area (Å²) in [6.45, 7) is 7.91. The second-order valence-corrected chi connectivity index (χ2v) is 8.05. The minimum Gasteiger partial charge on any atom is -0.492 e. The molecule has 1 aliphatic heterocycles. The Morgan fingerprint density at radius 3 is 2.63 bits per heavy atom. The molecule has 2 N–H and O–H groups in total. The molecule has 6 nitrogen and oxygen atoms in total. The normalized spacial score (nSPS) is 18.6. The quantitative estimate of drug-likeness (QED) is 0.745. The zero-order chi connectivity index (χ0) is 21.6. The van der Waals surface area contributed by atoms with E-state index < -0.39 is 5.41 Å². The molecule has 3 amide bonds. The molecule has 1 atom stereocenters. The Kier molecular flexibility index (Phi) is 6.98. The molecule has 1 aliphatic rings. The Labute approximate surface area is 178 Å². The van der Waals surface area contributed by atoms with Gasteiger partial charge in [0.15, 0.2) is 0 Å². The third-order valence-electron chi connectivity index (χ3n) is 5.66. The first kappa shape index (κ1) is 21.7. The fourth-order valence-corrected chi connectivity index (χ4v) is 3.84. The van der Waals surface area contributed by atoms with Crippen LogP contribution in [0.25, 0.3) is 0 Å². The SMILES string of the molecule is CCOc1ccccc1NC(=O)N1CCC[C@@](C)(C(=O)NCc2ccccc2C)C1. The zero-order valence-corrected chi connectivity index (χ0v) is 18.0. The van der Waals surface area contributed by atoms with Crippen molar-refractivity contribution < 1.29 is 14.3 Å². The van der Waals surface area contributed by atoms with Crippen LogP contribution in [0.5, 0.6) is 5.75 Å². The van der Waals surface area contributed by atoms with Gasteiger partial charge in [0.25, 0.3) is 0 Å². The Hall–Kier alpha value is -3.02. The lowest BCUT2D eigenvalue weighted by Crippen LogP contribution is -2.52. The fraction of sp³-hybridized carbons (Fsp3) is 0.417. The summed E-state index contributed by atoms with van der Waals surface area (Å²) in [5.74, 6) is 0.627. The molecule has 0 aromatic heterocycles. The van der Waals surface area contributed by atoms with Crippen LogP contribution >= 0.6 is 0 Å². The van der Waals surface area contributed by atoms with Crippen molar-refractivity contribution in [2.75, 3.05) is 25.0 Å². The first-order chi connectivity index (χ1) is 14.4. The number of piperidine rings is 1. The number of carbonyl (C=O) groups excluding carboxylic acids is 2.